The minimum Gasteiger partial charge on any atom is -0.352 e. The first-order valence-corrected chi connectivity index (χ1v) is 11.8. The number of rotatable bonds is 6. The van der Waals surface area contributed by atoms with Crippen molar-refractivity contribution in [1.82, 2.24) is 14.9 Å². The number of aryl methyl sites for hydroxylation is 1. The topological polar surface area (TPSA) is 107 Å². The van der Waals surface area contributed by atoms with Crippen LogP contribution in [0.3, 0.4) is 0 Å². The number of benzene rings is 1. The highest BCUT2D eigenvalue weighted by Crippen LogP contribution is 2.27. The molecule has 3 N–H and O–H groups in total. The Balaban J connectivity index is 1.73. The number of nitrogens with zero attached hydrogens (tertiary/aromatic N) is 2. The minimum atomic E-state index is -3.77. The first kappa shape index (κ1) is 20.2. The molecule has 3 rings (SSSR count). The summed E-state index contributed by atoms with van der Waals surface area (Å²) in [6.07, 6.45) is 4.61. The van der Waals surface area contributed by atoms with E-state index in [1.165, 1.54) is 36.7 Å². The molecule has 0 unspecified atom stereocenters. The first-order valence-electron chi connectivity index (χ1n) is 9.25. The van der Waals surface area contributed by atoms with E-state index in [2.05, 4.69) is 17.2 Å². The maximum atomic E-state index is 12.4. The van der Waals surface area contributed by atoms with E-state index in [9.17, 15) is 13.2 Å². The van der Waals surface area contributed by atoms with E-state index < -0.39 is 10.0 Å². The fourth-order valence-corrected chi connectivity index (χ4v) is 5.01. The van der Waals surface area contributed by atoms with E-state index in [4.69, 9.17) is 5.14 Å². The Bertz CT molecular complexity index is 939. The largest absolute Gasteiger partial charge is 0.352 e. The standard InChI is InChI=1S/C18H26N4O3S2/c1-3-22-16-9-8-13(27(19,24)25)10-15(16)21-18(22)26-11-17(23)20-14-7-5-4-6-12(14)2/h8-10,12,14H,3-7,11H2,1-2H3,(H,20,23)(H2,19,24,25)/t12-,14-/m0/s1. The Morgan fingerprint density at radius 3 is 2.78 bits per heavy atom. The number of sulfonamides is 1. The maximum Gasteiger partial charge on any atom is 0.238 e. The number of thioether (sulfide) groups is 1. The van der Waals surface area contributed by atoms with E-state index in [0.29, 0.717) is 23.1 Å². The molecule has 0 bridgehead atoms. The summed E-state index contributed by atoms with van der Waals surface area (Å²) in [5.74, 6) is 0.817. The fraction of sp³-hybridized carbons (Fsp3) is 0.556. The van der Waals surface area contributed by atoms with Gasteiger partial charge in [-0.3, -0.25) is 4.79 Å². The third-order valence-corrected chi connectivity index (χ3v) is 7.01. The Morgan fingerprint density at radius 1 is 1.37 bits per heavy atom. The predicted molar refractivity (Wildman–Crippen MR) is 107 cm³/mol. The Labute approximate surface area is 164 Å². The van der Waals surface area contributed by atoms with Gasteiger partial charge in [0, 0.05) is 12.6 Å². The van der Waals surface area contributed by atoms with Crippen molar-refractivity contribution < 1.29 is 13.2 Å². The van der Waals surface area contributed by atoms with Crippen LogP contribution in [-0.4, -0.2) is 35.7 Å². The SMILES string of the molecule is CCn1c(SCC(=O)N[C@H]2CCCC[C@@H]2C)nc2cc(S(N)(=O)=O)ccc21. The van der Waals surface area contributed by atoms with Crippen LogP contribution in [0.5, 0.6) is 0 Å². The van der Waals surface area contributed by atoms with E-state index in [0.717, 1.165) is 18.4 Å². The molecule has 1 aromatic heterocycles. The third-order valence-electron chi connectivity index (χ3n) is 5.12. The number of amides is 1. The summed E-state index contributed by atoms with van der Waals surface area (Å²) < 4.78 is 25.1. The molecular weight excluding hydrogens is 384 g/mol. The molecule has 27 heavy (non-hydrogen) atoms. The summed E-state index contributed by atoms with van der Waals surface area (Å²) in [5.41, 5.74) is 1.39. The van der Waals surface area contributed by atoms with E-state index in [-0.39, 0.29) is 22.6 Å². The van der Waals surface area contributed by atoms with Crippen LogP contribution in [0.2, 0.25) is 0 Å². The quantitative estimate of drug-likeness (QED) is 0.712. The van der Waals surface area contributed by atoms with Crippen LogP contribution in [-0.2, 0) is 21.4 Å². The smallest absolute Gasteiger partial charge is 0.238 e. The predicted octanol–water partition coefficient (Wildman–Crippen LogP) is 2.49. The number of hydrogen-bond acceptors (Lipinski definition) is 5. The summed E-state index contributed by atoms with van der Waals surface area (Å²) in [6, 6.07) is 4.93. The van der Waals surface area contributed by atoms with Gasteiger partial charge in [-0.2, -0.15) is 0 Å². The molecule has 1 aromatic carbocycles. The molecule has 1 heterocycles. The van der Waals surface area contributed by atoms with Crippen molar-refractivity contribution in [3.05, 3.63) is 18.2 Å². The summed E-state index contributed by atoms with van der Waals surface area (Å²) in [6.45, 7) is 4.86. The van der Waals surface area contributed by atoms with Gasteiger partial charge >= 0.3 is 0 Å². The van der Waals surface area contributed by atoms with Gasteiger partial charge in [-0.25, -0.2) is 18.5 Å². The molecule has 148 valence electrons. The van der Waals surface area contributed by atoms with Crippen molar-refractivity contribution in [2.45, 2.75) is 62.2 Å². The minimum absolute atomic E-state index is 0.0127. The van der Waals surface area contributed by atoms with Gasteiger partial charge < -0.3 is 9.88 Å². The molecule has 0 radical (unpaired) electrons. The number of carbonyl (C=O) groups is 1. The van der Waals surface area contributed by atoms with Gasteiger partial charge in [-0.1, -0.05) is 31.5 Å². The number of nitrogens with one attached hydrogen (secondary N) is 1. The Kier molecular flexibility index (Phi) is 6.12. The molecule has 1 aliphatic rings. The lowest BCUT2D eigenvalue weighted by Gasteiger charge is -2.29. The van der Waals surface area contributed by atoms with E-state index >= 15 is 0 Å². The van der Waals surface area contributed by atoms with Crippen LogP contribution in [0.1, 0.15) is 39.5 Å². The highest BCUT2D eigenvalue weighted by Gasteiger charge is 2.23. The summed E-state index contributed by atoms with van der Waals surface area (Å²) in [4.78, 5) is 16.9. The fourth-order valence-electron chi connectivity index (χ4n) is 3.59. The lowest BCUT2D eigenvalue weighted by atomic mass is 9.86. The summed E-state index contributed by atoms with van der Waals surface area (Å²) in [7, 11) is -3.77. The van der Waals surface area contributed by atoms with E-state index in [1.54, 1.807) is 6.07 Å². The zero-order valence-electron chi connectivity index (χ0n) is 15.6. The summed E-state index contributed by atoms with van der Waals surface area (Å²) >= 11 is 1.37. The number of aromatic nitrogens is 2. The zero-order valence-corrected chi connectivity index (χ0v) is 17.3. The molecular formula is C18H26N4O3S2. The molecule has 1 amide bonds. The number of nitrogens with two attached hydrogens (primary N) is 1. The van der Waals surface area contributed by atoms with Crippen LogP contribution >= 0.6 is 11.8 Å². The molecule has 7 nitrogen and oxygen atoms in total. The maximum absolute atomic E-state index is 12.4. The Hall–Kier alpha value is -1.58. The van der Waals surface area contributed by atoms with Crippen molar-refractivity contribution in [3.63, 3.8) is 0 Å². The second-order valence-electron chi connectivity index (χ2n) is 7.06. The number of imidazole rings is 1. The highest BCUT2D eigenvalue weighted by atomic mass is 32.2. The Morgan fingerprint density at radius 2 is 2.11 bits per heavy atom. The van der Waals surface area contributed by atoms with Crippen LogP contribution in [0.25, 0.3) is 11.0 Å². The van der Waals surface area contributed by atoms with Crippen molar-refractivity contribution in [2.75, 3.05) is 5.75 Å². The molecule has 0 saturated heterocycles. The van der Waals surface area contributed by atoms with Crippen molar-refractivity contribution in [3.8, 4) is 0 Å². The molecule has 2 aromatic rings. The molecule has 2 atom stereocenters. The van der Waals surface area contributed by atoms with Gasteiger partial charge in [-0.15, -0.1) is 0 Å². The second-order valence-corrected chi connectivity index (χ2v) is 9.56. The molecule has 0 spiro atoms. The molecule has 1 fully saturated rings. The van der Waals surface area contributed by atoms with Crippen LogP contribution in [0.15, 0.2) is 28.3 Å². The second kappa shape index (κ2) is 8.20. The molecule has 1 saturated carbocycles. The third kappa shape index (κ3) is 4.64. The van der Waals surface area contributed by atoms with Crippen molar-refractivity contribution in [2.24, 2.45) is 11.1 Å². The van der Waals surface area contributed by atoms with Crippen molar-refractivity contribution in [1.29, 1.82) is 0 Å². The average molecular weight is 411 g/mol. The lowest BCUT2D eigenvalue weighted by molar-refractivity contribution is -0.119. The number of carbonyl (C=O) groups excluding carboxylic acids is 1. The molecule has 1 aliphatic carbocycles. The number of primary sulfonamides is 1. The lowest BCUT2D eigenvalue weighted by Crippen LogP contribution is -2.41. The van der Waals surface area contributed by atoms with Crippen LogP contribution in [0.4, 0.5) is 0 Å². The van der Waals surface area contributed by atoms with Crippen LogP contribution < -0.4 is 10.5 Å². The monoisotopic (exact) mass is 410 g/mol. The van der Waals surface area contributed by atoms with Gasteiger partial charge in [0.2, 0.25) is 15.9 Å². The van der Waals surface area contributed by atoms with Gasteiger partial charge in [0.15, 0.2) is 5.16 Å². The average Bonchev–Trinajstić information content (AvgIpc) is 2.98. The number of fused-ring (bicyclic) bond motifs is 1. The highest BCUT2D eigenvalue weighted by molar-refractivity contribution is 7.99. The van der Waals surface area contributed by atoms with Gasteiger partial charge in [0.1, 0.15) is 0 Å². The van der Waals surface area contributed by atoms with E-state index in [1.807, 2.05) is 11.5 Å². The molecule has 9 heteroatoms. The normalized spacial score (nSPS) is 20.7. The van der Waals surface area contributed by atoms with Gasteiger partial charge in [0.25, 0.3) is 0 Å². The zero-order chi connectivity index (χ0) is 19.6. The molecule has 0 aliphatic heterocycles. The summed E-state index contributed by atoms with van der Waals surface area (Å²) in [5, 5.41) is 9.05. The number of hydrogen-bond donors (Lipinski definition) is 2. The van der Waals surface area contributed by atoms with Gasteiger partial charge in [0.05, 0.1) is 21.7 Å². The van der Waals surface area contributed by atoms with Crippen molar-refractivity contribution >= 4 is 38.7 Å². The first-order chi connectivity index (χ1) is 12.8. The van der Waals surface area contributed by atoms with Crippen LogP contribution in [0, 0.1) is 5.92 Å². The van der Waals surface area contributed by atoms with Gasteiger partial charge in [-0.05, 0) is 43.9 Å².